The van der Waals surface area contributed by atoms with Crippen molar-refractivity contribution in [2.45, 2.75) is 13.3 Å². The maximum absolute atomic E-state index is 5.65. The molecule has 0 saturated carbocycles. The highest BCUT2D eigenvalue weighted by molar-refractivity contribution is 9.10. The maximum Gasteiger partial charge on any atom is 0.249 e. The van der Waals surface area contributed by atoms with Crippen LogP contribution in [0.4, 0.5) is 0 Å². The van der Waals surface area contributed by atoms with Crippen molar-refractivity contribution in [2.24, 2.45) is 0 Å². The summed E-state index contributed by atoms with van der Waals surface area (Å²) in [6.07, 6.45) is 0.725. The molecule has 0 saturated heterocycles. The van der Waals surface area contributed by atoms with Crippen molar-refractivity contribution in [1.29, 1.82) is 0 Å². The Morgan fingerprint density at radius 1 is 1.37 bits per heavy atom. The van der Waals surface area contributed by atoms with Gasteiger partial charge in [-0.15, -0.1) is 10.2 Å². The molecule has 0 aliphatic heterocycles. The van der Waals surface area contributed by atoms with Crippen LogP contribution in [0.1, 0.15) is 12.8 Å². The normalized spacial score (nSPS) is 10.7. The fourth-order valence-electron chi connectivity index (χ4n) is 1.63. The molecule has 0 spiro atoms. The third kappa shape index (κ3) is 3.54. The first-order valence-corrected chi connectivity index (χ1v) is 6.91. The van der Waals surface area contributed by atoms with Gasteiger partial charge in [0, 0.05) is 17.4 Å². The quantitative estimate of drug-likeness (QED) is 0.827. The van der Waals surface area contributed by atoms with Gasteiger partial charge in [-0.05, 0) is 40.7 Å². The van der Waals surface area contributed by atoms with Crippen molar-refractivity contribution in [3.63, 3.8) is 0 Å². The highest BCUT2D eigenvalue weighted by atomic mass is 79.9. The predicted molar refractivity (Wildman–Crippen MR) is 76.2 cm³/mol. The van der Waals surface area contributed by atoms with E-state index >= 15 is 0 Å². The maximum atomic E-state index is 5.65. The number of hydrogen-bond donors (Lipinski definition) is 1. The summed E-state index contributed by atoms with van der Waals surface area (Å²) < 4.78 is 11.7. The number of hydrogen-bond acceptors (Lipinski definition) is 5. The van der Waals surface area contributed by atoms with E-state index in [-0.39, 0.29) is 0 Å². The number of nitrogens with zero attached hydrogens (tertiary/aromatic N) is 2. The average molecular weight is 326 g/mol. The molecular formula is C13H16BrN3O2. The summed E-state index contributed by atoms with van der Waals surface area (Å²) in [6.45, 7) is 3.83. The number of nitrogens with one attached hydrogen (secondary N) is 1. The smallest absolute Gasteiger partial charge is 0.249 e. The molecule has 5 nitrogen and oxygen atoms in total. The molecule has 6 heteroatoms. The molecule has 1 aromatic carbocycles. The highest BCUT2D eigenvalue weighted by Crippen LogP contribution is 2.30. The summed E-state index contributed by atoms with van der Waals surface area (Å²) in [5.74, 6) is 1.88. The number of halogens is 1. The minimum absolute atomic E-state index is 0.497. The number of aromatic nitrogens is 2. The Balaban J connectivity index is 2.17. The lowest BCUT2D eigenvalue weighted by Gasteiger charge is -2.03. The summed E-state index contributed by atoms with van der Waals surface area (Å²) >= 11 is 3.47. The van der Waals surface area contributed by atoms with Gasteiger partial charge in [-0.1, -0.05) is 6.92 Å². The second-order valence-electron chi connectivity index (χ2n) is 3.95. The van der Waals surface area contributed by atoms with Crippen molar-refractivity contribution in [2.75, 3.05) is 20.2 Å². The van der Waals surface area contributed by atoms with Crippen LogP contribution in [-0.2, 0) is 6.42 Å². The summed E-state index contributed by atoms with van der Waals surface area (Å²) in [6, 6.07) is 5.64. The Bertz CT molecular complexity index is 542. The Morgan fingerprint density at radius 3 is 2.95 bits per heavy atom. The van der Waals surface area contributed by atoms with Crippen molar-refractivity contribution in [3.05, 3.63) is 28.6 Å². The lowest BCUT2D eigenvalue weighted by Crippen LogP contribution is -2.16. The number of likely N-dealkylation sites (N-methyl/N-ethyl adjacent to an activating group) is 1. The van der Waals surface area contributed by atoms with E-state index < -0.39 is 0 Å². The van der Waals surface area contributed by atoms with Crippen LogP contribution >= 0.6 is 15.9 Å². The van der Waals surface area contributed by atoms with Crippen molar-refractivity contribution < 1.29 is 9.15 Å². The number of benzene rings is 1. The minimum atomic E-state index is 0.497. The van der Waals surface area contributed by atoms with Crippen LogP contribution in [0.25, 0.3) is 11.5 Å². The predicted octanol–water partition coefficient (Wildman–Crippen LogP) is 2.66. The molecule has 2 rings (SSSR count). The van der Waals surface area contributed by atoms with Gasteiger partial charge in [0.1, 0.15) is 5.75 Å². The van der Waals surface area contributed by atoms with Crippen LogP contribution in [0.15, 0.2) is 27.1 Å². The Kier molecular flexibility index (Phi) is 4.93. The average Bonchev–Trinajstić information content (AvgIpc) is 2.88. The minimum Gasteiger partial charge on any atom is -0.497 e. The van der Waals surface area contributed by atoms with Crippen molar-refractivity contribution >= 4 is 15.9 Å². The monoisotopic (exact) mass is 325 g/mol. The molecule has 102 valence electrons. The molecule has 0 radical (unpaired) electrons. The number of rotatable bonds is 6. The Hall–Kier alpha value is -1.40. The van der Waals surface area contributed by atoms with Crippen LogP contribution in [-0.4, -0.2) is 30.4 Å². The van der Waals surface area contributed by atoms with Crippen LogP contribution in [0, 0.1) is 0 Å². The van der Waals surface area contributed by atoms with E-state index in [1.807, 2.05) is 18.2 Å². The molecule has 0 bridgehead atoms. The van der Waals surface area contributed by atoms with E-state index in [0.29, 0.717) is 11.8 Å². The standard InChI is InChI=1S/C13H16BrN3O2/c1-3-15-7-6-12-16-17-13(19-12)10-8-9(18-2)4-5-11(10)14/h4-5,8,15H,3,6-7H2,1-2H3. The summed E-state index contributed by atoms with van der Waals surface area (Å²) in [7, 11) is 1.63. The first-order chi connectivity index (χ1) is 9.24. The lowest BCUT2D eigenvalue weighted by molar-refractivity contribution is 0.414. The van der Waals surface area contributed by atoms with Crippen LogP contribution < -0.4 is 10.1 Å². The van der Waals surface area contributed by atoms with Gasteiger partial charge in [0.2, 0.25) is 11.8 Å². The first-order valence-electron chi connectivity index (χ1n) is 6.11. The van der Waals surface area contributed by atoms with Gasteiger partial charge in [0.25, 0.3) is 0 Å². The first kappa shape index (κ1) is 14.0. The lowest BCUT2D eigenvalue weighted by atomic mass is 10.2. The molecule has 1 heterocycles. The molecule has 0 fully saturated rings. The Labute approximate surface area is 120 Å². The summed E-state index contributed by atoms with van der Waals surface area (Å²) in [5, 5.41) is 11.3. The van der Waals surface area contributed by atoms with E-state index in [2.05, 4.69) is 38.4 Å². The molecule has 2 aromatic rings. The molecule has 0 atom stereocenters. The number of methoxy groups -OCH3 is 1. The van der Waals surface area contributed by atoms with Crippen molar-refractivity contribution in [1.82, 2.24) is 15.5 Å². The molecule has 0 amide bonds. The van der Waals surface area contributed by atoms with Gasteiger partial charge >= 0.3 is 0 Å². The fraction of sp³-hybridized carbons (Fsp3) is 0.385. The van der Waals surface area contributed by atoms with Crippen LogP contribution in [0.3, 0.4) is 0 Å². The highest BCUT2D eigenvalue weighted by Gasteiger charge is 2.12. The van der Waals surface area contributed by atoms with E-state index in [4.69, 9.17) is 9.15 Å². The van der Waals surface area contributed by atoms with Crippen LogP contribution in [0.2, 0.25) is 0 Å². The van der Waals surface area contributed by atoms with Crippen LogP contribution in [0.5, 0.6) is 5.75 Å². The zero-order valence-corrected chi connectivity index (χ0v) is 12.5. The SMILES string of the molecule is CCNCCc1nnc(-c2cc(OC)ccc2Br)o1. The number of ether oxygens (including phenoxy) is 1. The van der Waals surface area contributed by atoms with Gasteiger partial charge in [-0.2, -0.15) is 0 Å². The third-order valence-electron chi connectivity index (χ3n) is 2.64. The molecule has 19 heavy (non-hydrogen) atoms. The topological polar surface area (TPSA) is 60.2 Å². The molecule has 0 aliphatic carbocycles. The largest absolute Gasteiger partial charge is 0.497 e. The van der Waals surface area contributed by atoms with E-state index in [1.165, 1.54) is 0 Å². The zero-order chi connectivity index (χ0) is 13.7. The molecule has 0 unspecified atom stereocenters. The summed E-state index contributed by atoms with van der Waals surface area (Å²) in [5.41, 5.74) is 0.835. The fourth-order valence-corrected chi connectivity index (χ4v) is 2.05. The van der Waals surface area contributed by atoms with Gasteiger partial charge in [0.05, 0.1) is 12.7 Å². The van der Waals surface area contributed by atoms with Gasteiger partial charge < -0.3 is 14.5 Å². The second-order valence-corrected chi connectivity index (χ2v) is 4.80. The third-order valence-corrected chi connectivity index (χ3v) is 3.33. The zero-order valence-electron chi connectivity index (χ0n) is 10.9. The Morgan fingerprint density at radius 2 is 2.21 bits per heavy atom. The van der Waals surface area contributed by atoms with Gasteiger partial charge in [-0.25, -0.2) is 0 Å². The van der Waals surface area contributed by atoms with Gasteiger partial charge in [-0.3, -0.25) is 0 Å². The summed E-state index contributed by atoms with van der Waals surface area (Å²) in [4.78, 5) is 0. The van der Waals surface area contributed by atoms with E-state index in [9.17, 15) is 0 Å². The molecular weight excluding hydrogens is 310 g/mol. The molecule has 1 N–H and O–H groups in total. The van der Waals surface area contributed by atoms with Gasteiger partial charge in [0.15, 0.2) is 0 Å². The molecule has 1 aromatic heterocycles. The van der Waals surface area contributed by atoms with E-state index in [1.54, 1.807) is 7.11 Å². The second kappa shape index (κ2) is 6.68. The van der Waals surface area contributed by atoms with Crippen molar-refractivity contribution in [3.8, 4) is 17.2 Å². The van der Waals surface area contributed by atoms with E-state index in [0.717, 1.165) is 35.3 Å². The molecule has 0 aliphatic rings.